The van der Waals surface area contributed by atoms with Gasteiger partial charge < -0.3 is 19.5 Å². The molecule has 2 aliphatic heterocycles. The fourth-order valence-electron chi connectivity index (χ4n) is 3.04. The van der Waals surface area contributed by atoms with Crippen LogP contribution in [0.15, 0.2) is 46.7 Å². The van der Waals surface area contributed by atoms with Gasteiger partial charge in [-0.1, -0.05) is 0 Å². The minimum Gasteiger partial charge on any atom is -0.479 e. The number of amides is 1. The molecule has 1 atom stereocenters. The maximum absolute atomic E-state index is 12.7. The summed E-state index contributed by atoms with van der Waals surface area (Å²) in [5, 5.41) is 4.73. The Morgan fingerprint density at radius 1 is 1.13 bits per heavy atom. The van der Waals surface area contributed by atoms with Crippen LogP contribution in [0.5, 0.6) is 17.2 Å². The van der Waals surface area contributed by atoms with E-state index in [1.807, 2.05) is 0 Å². The first-order valence-electron chi connectivity index (χ1n) is 8.89. The van der Waals surface area contributed by atoms with E-state index in [0.29, 0.717) is 28.6 Å². The van der Waals surface area contributed by atoms with Crippen molar-refractivity contribution in [3.8, 4) is 28.5 Å². The van der Waals surface area contributed by atoms with Gasteiger partial charge in [-0.15, -0.1) is 11.3 Å². The normalized spacial score (nSPS) is 17.1. The summed E-state index contributed by atoms with van der Waals surface area (Å²) >= 11 is 1.15. The molecule has 1 aromatic heterocycles. The highest BCUT2D eigenvalue weighted by Crippen LogP contribution is 2.36. The Labute approximate surface area is 175 Å². The van der Waals surface area contributed by atoms with Crippen LogP contribution in [0.3, 0.4) is 0 Å². The number of hydrogen-bond donors (Lipinski definition) is 2. The fourth-order valence-corrected chi connectivity index (χ4v) is 5.03. The molecule has 9 nitrogen and oxygen atoms in total. The van der Waals surface area contributed by atoms with Gasteiger partial charge in [-0.3, -0.25) is 9.52 Å². The van der Waals surface area contributed by atoms with Gasteiger partial charge in [-0.2, -0.15) is 0 Å². The average Bonchev–Trinajstić information content (AvgIpc) is 3.37. The van der Waals surface area contributed by atoms with Crippen molar-refractivity contribution in [1.82, 2.24) is 4.98 Å². The number of hydrogen-bond acceptors (Lipinski definition) is 8. The molecule has 5 rings (SSSR count). The first-order valence-corrected chi connectivity index (χ1v) is 11.3. The van der Waals surface area contributed by atoms with Gasteiger partial charge in [-0.05, 0) is 37.3 Å². The lowest BCUT2D eigenvalue weighted by molar-refractivity contribution is -0.122. The molecule has 1 unspecified atom stereocenters. The van der Waals surface area contributed by atoms with E-state index < -0.39 is 16.1 Å². The van der Waals surface area contributed by atoms with Crippen LogP contribution in [0.2, 0.25) is 0 Å². The number of rotatable bonds is 4. The quantitative estimate of drug-likeness (QED) is 0.634. The molecule has 2 N–H and O–H groups in total. The molecule has 0 saturated carbocycles. The number of carbonyl (C=O) groups excluding carboxylic acids is 1. The zero-order valence-electron chi connectivity index (χ0n) is 15.5. The summed E-state index contributed by atoms with van der Waals surface area (Å²) in [6.07, 6.45) is -0.556. The molecule has 154 valence electrons. The van der Waals surface area contributed by atoms with E-state index in [1.165, 1.54) is 12.1 Å². The van der Waals surface area contributed by atoms with E-state index in [9.17, 15) is 13.2 Å². The van der Waals surface area contributed by atoms with Crippen molar-refractivity contribution in [1.29, 1.82) is 0 Å². The van der Waals surface area contributed by atoms with Crippen molar-refractivity contribution >= 4 is 38.1 Å². The fraction of sp³-hybridized carbons (Fsp3) is 0.158. The van der Waals surface area contributed by atoms with Gasteiger partial charge in [0.1, 0.15) is 5.75 Å². The Bertz CT molecular complexity index is 1270. The summed E-state index contributed by atoms with van der Waals surface area (Å²) in [7, 11) is -3.85. The Kier molecular flexibility index (Phi) is 4.29. The first kappa shape index (κ1) is 18.7. The van der Waals surface area contributed by atoms with E-state index in [1.54, 1.807) is 36.6 Å². The van der Waals surface area contributed by atoms with Gasteiger partial charge in [0.25, 0.3) is 15.9 Å². The summed E-state index contributed by atoms with van der Waals surface area (Å²) in [6.45, 7) is 1.73. The van der Waals surface area contributed by atoms with E-state index in [2.05, 4.69) is 15.0 Å². The van der Waals surface area contributed by atoms with Gasteiger partial charge in [0.15, 0.2) is 22.7 Å². The molecule has 3 aromatic rings. The Morgan fingerprint density at radius 3 is 2.80 bits per heavy atom. The Hall–Kier alpha value is -3.31. The standard InChI is InChI=1S/C19H15N3O6S2/c1-10-18(23)20-13-6-11(2-4-15(13)28-10)14-8-29-19(21-14)22-30(24,25)12-3-5-16-17(7-12)27-9-26-16/h2-8,10H,9H2,1H3,(H,20,23)(H,21,22). The van der Waals surface area contributed by atoms with Crippen LogP contribution in [-0.2, 0) is 14.8 Å². The highest BCUT2D eigenvalue weighted by molar-refractivity contribution is 7.93. The number of anilines is 2. The van der Waals surface area contributed by atoms with Gasteiger partial charge in [0, 0.05) is 17.0 Å². The Morgan fingerprint density at radius 2 is 1.93 bits per heavy atom. The number of sulfonamides is 1. The number of carbonyl (C=O) groups is 1. The summed E-state index contributed by atoms with van der Waals surface area (Å²) in [4.78, 5) is 16.2. The second-order valence-corrected chi connectivity index (χ2v) is 9.16. The molecular formula is C19H15N3O6S2. The average molecular weight is 445 g/mol. The molecule has 0 spiro atoms. The topological polar surface area (TPSA) is 116 Å². The van der Waals surface area contributed by atoms with Crippen LogP contribution in [0.4, 0.5) is 10.8 Å². The number of fused-ring (bicyclic) bond motifs is 2. The van der Waals surface area contributed by atoms with Crippen LogP contribution >= 0.6 is 11.3 Å². The zero-order chi connectivity index (χ0) is 20.9. The van der Waals surface area contributed by atoms with Crippen molar-refractivity contribution < 1.29 is 27.4 Å². The van der Waals surface area contributed by atoms with Crippen LogP contribution in [0, 0.1) is 0 Å². The lowest BCUT2D eigenvalue weighted by Crippen LogP contribution is -2.34. The predicted octanol–water partition coefficient (Wildman–Crippen LogP) is 3.06. The molecule has 30 heavy (non-hydrogen) atoms. The van der Waals surface area contributed by atoms with Crippen LogP contribution in [0.25, 0.3) is 11.3 Å². The summed E-state index contributed by atoms with van der Waals surface area (Å²) < 4.78 is 43.9. The molecule has 0 saturated heterocycles. The van der Waals surface area contributed by atoms with Gasteiger partial charge in [-0.25, -0.2) is 13.4 Å². The number of thiazole rings is 1. The molecule has 0 bridgehead atoms. The number of nitrogens with one attached hydrogen (secondary N) is 2. The first-order chi connectivity index (χ1) is 14.4. The molecule has 0 fully saturated rings. The predicted molar refractivity (Wildman–Crippen MR) is 110 cm³/mol. The number of aromatic nitrogens is 1. The van der Waals surface area contributed by atoms with Crippen LogP contribution in [-0.4, -0.2) is 32.2 Å². The highest BCUT2D eigenvalue weighted by atomic mass is 32.2. The van der Waals surface area contributed by atoms with Crippen LogP contribution in [0.1, 0.15) is 6.92 Å². The minimum absolute atomic E-state index is 0.0475. The van der Waals surface area contributed by atoms with Crippen molar-refractivity contribution in [3.63, 3.8) is 0 Å². The van der Waals surface area contributed by atoms with Gasteiger partial charge in [0.2, 0.25) is 6.79 Å². The Balaban J connectivity index is 1.38. The summed E-state index contributed by atoms with van der Waals surface area (Å²) in [6, 6.07) is 9.69. The molecule has 1 amide bonds. The third-order valence-electron chi connectivity index (χ3n) is 4.59. The lowest BCUT2D eigenvalue weighted by Gasteiger charge is -2.23. The molecule has 2 aliphatic rings. The number of nitrogens with zero attached hydrogens (tertiary/aromatic N) is 1. The third-order valence-corrected chi connectivity index (χ3v) is 6.81. The van der Waals surface area contributed by atoms with E-state index in [-0.39, 0.29) is 22.7 Å². The molecule has 0 radical (unpaired) electrons. The zero-order valence-corrected chi connectivity index (χ0v) is 17.2. The third kappa shape index (κ3) is 3.31. The van der Waals surface area contributed by atoms with Gasteiger partial charge >= 0.3 is 0 Å². The maximum atomic E-state index is 12.7. The smallest absolute Gasteiger partial charge is 0.265 e. The second-order valence-electron chi connectivity index (χ2n) is 6.62. The maximum Gasteiger partial charge on any atom is 0.265 e. The molecule has 11 heteroatoms. The molecule has 0 aliphatic carbocycles. The molecular weight excluding hydrogens is 430 g/mol. The second kappa shape index (κ2) is 6.89. The number of benzene rings is 2. The molecule has 2 aromatic carbocycles. The van der Waals surface area contributed by atoms with Crippen molar-refractivity contribution in [2.45, 2.75) is 17.9 Å². The van der Waals surface area contributed by atoms with Crippen molar-refractivity contribution in [2.75, 3.05) is 16.8 Å². The minimum atomic E-state index is -3.85. The summed E-state index contributed by atoms with van der Waals surface area (Å²) in [5.41, 5.74) is 1.84. The van der Waals surface area contributed by atoms with Crippen LogP contribution < -0.4 is 24.2 Å². The largest absolute Gasteiger partial charge is 0.479 e. The summed E-state index contributed by atoms with van der Waals surface area (Å²) in [5.74, 6) is 1.23. The van der Waals surface area contributed by atoms with E-state index in [4.69, 9.17) is 14.2 Å². The monoisotopic (exact) mass is 445 g/mol. The van der Waals surface area contributed by atoms with Crippen molar-refractivity contribution in [2.24, 2.45) is 0 Å². The van der Waals surface area contributed by atoms with E-state index >= 15 is 0 Å². The SMILES string of the molecule is CC1Oc2ccc(-c3csc(NS(=O)(=O)c4ccc5c(c4)OCO5)n3)cc2NC1=O. The van der Waals surface area contributed by atoms with Gasteiger partial charge in [0.05, 0.1) is 16.3 Å². The molecule has 3 heterocycles. The lowest BCUT2D eigenvalue weighted by atomic mass is 10.1. The highest BCUT2D eigenvalue weighted by Gasteiger charge is 2.24. The number of ether oxygens (including phenoxy) is 3. The van der Waals surface area contributed by atoms with Crippen molar-refractivity contribution in [3.05, 3.63) is 41.8 Å². The van der Waals surface area contributed by atoms with E-state index in [0.717, 1.165) is 16.9 Å².